The molecule has 2 amide bonds. The van der Waals surface area contributed by atoms with Crippen molar-refractivity contribution in [1.29, 1.82) is 0 Å². The summed E-state index contributed by atoms with van der Waals surface area (Å²) in [6.45, 7) is 7.25. The Bertz CT molecular complexity index is 1090. The van der Waals surface area contributed by atoms with Crippen LogP contribution in [0.15, 0.2) is 54.6 Å². The molecule has 1 aliphatic rings. The average Bonchev–Trinajstić information content (AvgIpc) is 2.75. The molecule has 3 aromatic carbocycles. The summed E-state index contributed by atoms with van der Waals surface area (Å²) in [4.78, 5) is 28.1. The number of rotatable bonds is 3. The molecule has 4 rings (SSSR count). The lowest BCUT2D eigenvalue weighted by Crippen LogP contribution is -2.43. The molecule has 1 unspecified atom stereocenters. The van der Waals surface area contributed by atoms with E-state index in [-0.39, 0.29) is 17.7 Å². The molecule has 1 atom stereocenters. The summed E-state index contributed by atoms with van der Waals surface area (Å²) in [6.07, 6.45) is 1.63. The highest BCUT2D eigenvalue weighted by atomic mass is 16.2. The van der Waals surface area contributed by atoms with Gasteiger partial charge in [-0.05, 0) is 61.6 Å². The van der Waals surface area contributed by atoms with Crippen molar-refractivity contribution in [1.82, 2.24) is 4.90 Å². The van der Waals surface area contributed by atoms with E-state index in [0.29, 0.717) is 18.7 Å². The Morgan fingerprint density at radius 1 is 0.967 bits per heavy atom. The number of anilines is 1. The highest BCUT2D eigenvalue weighted by molar-refractivity contribution is 6.07. The number of fused-ring (bicyclic) bond motifs is 1. The Labute approximate surface area is 177 Å². The summed E-state index contributed by atoms with van der Waals surface area (Å²) in [5.74, 6) is -0.190. The molecule has 1 N–H and O–H groups in total. The second-order valence-corrected chi connectivity index (χ2v) is 8.38. The number of aryl methyl sites for hydroxylation is 3. The van der Waals surface area contributed by atoms with Crippen molar-refractivity contribution in [2.75, 3.05) is 18.4 Å². The number of carbonyl (C=O) groups is 2. The van der Waals surface area contributed by atoms with Crippen LogP contribution in [0.5, 0.6) is 0 Å². The number of nitrogens with one attached hydrogen (secondary N) is 1. The highest BCUT2D eigenvalue weighted by Gasteiger charge is 2.30. The van der Waals surface area contributed by atoms with Gasteiger partial charge in [0.15, 0.2) is 0 Å². The number of likely N-dealkylation sites (tertiary alicyclic amines) is 1. The first-order valence-corrected chi connectivity index (χ1v) is 10.6. The first kappa shape index (κ1) is 20.1. The fourth-order valence-corrected chi connectivity index (χ4v) is 4.56. The molecule has 0 aliphatic carbocycles. The van der Waals surface area contributed by atoms with Crippen molar-refractivity contribution in [2.45, 2.75) is 33.6 Å². The molecular weight excluding hydrogens is 372 g/mol. The Kier molecular flexibility index (Phi) is 5.58. The monoisotopic (exact) mass is 400 g/mol. The van der Waals surface area contributed by atoms with Gasteiger partial charge in [-0.15, -0.1) is 0 Å². The van der Waals surface area contributed by atoms with E-state index in [1.165, 1.54) is 5.56 Å². The lowest BCUT2D eigenvalue weighted by molar-refractivity contribution is -0.121. The van der Waals surface area contributed by atoms with Crippen LogP contribution in [0.3, 0.4) is 0 Å². The molecule has 1 fully saturated rings. The number of nitrogens with zero attached hydrogens (tertiary/aromatic N) is 1. The SMILES string of the molecule is Cc1cc(C)c(NC(=O)C2CCCN(C(=O)c3cccc4ccccc34)C2)c(C)c1. The molecule has 1 saturated heterocycles. The van der Waals surface area contributed by atoms with Crippen LogP contribution in [0.1, 0.15) is 39.9 Å². The van der Waals surface area contributed by atoms with Crippen molar-refractivity contribution in [3.8, 4) is 0 Å². The van der Waals surface area contributed by atoms with E-state index >= 15 is 0 Å². The molecular formula is C26H28N2O2. The normalized spacial score (nSPS) is 16.5. The van der Waals surface area contributed by atoms with Gasteiger partial charge in [0, 0.05) is 24.3 Å². The minimum absolute atomic E-state index is 0.000438. The van der Waals surface area contributed by atoms with Crippen molar-refractivity contribution in [2.24, 2.45) is 5.92 Å². The van der Waals surface area contributed by atoms with Crippen LogP contribution in [0, 0.1) is 26.7 Å². The third-order valence-corrected chi connectivity index (χ3v) is 6.02. The van der Waals surface area contributed by atoms with Crippen molar-refractivity contribution < 1.29 is 9.59 Å². The van der Waals surface area contributed by atoms with Crippen LogP contribution in [0.4, 0.5) is 5.69 Å². The Morgan fingerprint density at radius 2 is 1.67 bits per heavy atom. The third kappa shape index (κ3) is 3.95. The lowest BCUT2D eigenvalue weighted by atomic mass is 9.95. The van der Waals surface area contributed by atoms with Gasteiger partial charge < -0.3 is 10.2 Å². The molecule has 0 saturated carbocycles. The van der Waals surface area contributed by atoms with E-state index in [9.17, 15) is 9.59 Å². The maximum absolute atomic E-state index is 13.3. The Hall–Kier alpha value is -3.14. The zero-order valence-electron chi connectivity index (χ0n) is 17.9. The summed E-state index contributed by atoms with van der Waals surface area (Å²) in [5.41, 5.74) is 4.93. The number of piperidine rings is 1. The quantitative estimate of drug-likeness (QED) is 0.652. The molecule has 30 heavy (non-hydrogen) atoms. The van der Waals surface area contributed by atoms with E-state index in [1.807, 2.05) is 61.2 Å². The number of benzene rings is 3. The maximum atomic E-state index is 13.3. The Morgan fingerprint density at radius 3 is 2.43 bits per heavy atom. The first-order chi connectivity index (χ1) is 14.4. The van der Waals surface area contributed by atoms with Gasteiger partial charge in [0.25, 0.3) is 5.91 Å². The predicted molar refractivity (Wildman–Crippen MR) is 122 cm³/mol. The zero-order valence-corrected chi connectivity index (χ0v) is 17.9. The van der Waals surface area contributed by atoms with Gasteiger partial charge in [-0.3, -0.25) is 9.59 Å². The van der Waals surface area contributed by atoms with Crippen LogP contribution in [-0.2, 0) is 4.79 Å². The summed E-state index contributed by atoms with van der Waals surface area (Å²) in [7, 11) is 0. The summed E-state index contributed by atoms with van der Waals surface area (Å²) < 4.78 is 0. The lowest BCUT2D eigenvalue weighted by Gasteiger charge is -2.32. The molecule has 0 radical (unpaired) electrons. The molecule has 0 spiro atoms. The molecule has 4 nitrogen and oxygen atoms in total. The fourth-order valence-electron chi connectivity index (χ4n) is 4.56. The molecule has 154 valence electrons. The summed E-state index contributed by atoms with van der Waals surface area (Å²) in [6, 6.07) is 17.9. The van der Waals surface area contributed by atoms with Gasteiger partial charge in [0.05, 0.1) is 5.92 Å². The second kappa shape index (κ2) is 8.31. The Balaban J connectivity index is 1.52. The standard InChI is InChI=1S/C26H28N2O2/c1-17-14-18(2)24(19(3)15-17)27-25(29)21-10-7-13-28(16-21)26(30)23-12-6-9-20-8-4-5-11-22(20)23/h4-6,8-9,11-12,14-15,21H,7,10,13,16H2,1-3H3,(H,27,29). The molecule has 0 aromatic heterocycles. The topological polar surface area (TPSA) is 49.4 Å². The second-order valence-electron chi connectivity index (χ2n) is 8.38. The minimum atomic E-state index is -0.197. The molecule has 1 aliphatic heterocycles. The van der Waals surface area contributed by atoms with Gasteiger partial charge in [-0.1, -0.05) is 54.1 Å². The van der Waals surface area contributed by atoms with Gasteiger partial charge >= 0.3 is 0 Å². The summed E-state index contributed by atoms with van der Waals surface area (Å²) in [5, 5.41) is 5.14. The van der Waals surface area contributed by atoms with Crippen LogP contribution >= 0.6 is 0 Å². The molecule has 0 bridgehead atoms. The molecule has 4 heteroatoms. The molecule has 1 heterocycles. The van der Waals surface area contributed by atoms with Crippen LogP contribution < -0.4 is 5.32 Å². The highest BCUT2D eigenvalue weighted by Crippen LogP contribution is 2.26. The number of hydrogen-bond acceptors (Lipinski definition) is 2. The van der Waals surface area contributed by atoms with E-state index in [4.69, 9.17) is 0 Å². The third-order valence-electron chi connectivity index (χ3n) is 6.02. The van der Waals surface area contributed by atoms with E-state index in [1.54, 1.807) is 0 Å². The zero-order chi connectivity index (χ0) is 21.3. The van der Waals surface area contributed by atoms with Crippen LogP contribution in [-0.4, -0.2) is 29.8 Å². The van der Waals surface area contributed by atoms with Crippen molar-refractivity contribution in [3.05, 3.63) is 76.9 Å². The number of hydrogen-bond donors (Lipinski definition) is 1. The van der Waals surface area contributed by atoms with Gasteiger partial charge in [-0.2, -0.15) is 0 Å². The largest absolute Gasteiger partial charge is 0.338 e. The van der Waals surface area contributed by atoms with Crippen LogP contribution in [0.2, 0.25) is 0 Å². The first-order valence-electron chi connectivity index (χ1n) is 10.6. The van der Waals surface area contributed by atoms with Crippen molar-refractivity contribution in [3.63, 3.8) is 0 Å². The molecule has 3 aromatic rings. The number of carbonyl (C=O) groups excluding carboxylic acids is 2. The predicted octanol–water partition coefficient (Wildman–Crippen LogP) is 5.26. The van der Waals surface area contributed by atoms with E-state index in [2.05, 4.69) is 24.4 Å². The van der Waals surface area contributed by atoms with Gasteiger partial charge in [0.1, 0.15) is 0 Å². The van der Waals surface area contributed by atoms with Gasteiger partial charge in [0.2, 0.25) is 5.91 Å². The summed E-state index contributed by atoms with van der Waals surface area (Å²) >= 11 is 0. The average molecular weight is 401 g/mol. The minimum Gasteiger partial charge on any atom is -0.338 e. The fraction of sp³-hybridized carbons (Fsp3) is 0.308. The van der Waals surface area contributed by atoms with Crippen LogP contribution in [0.25, 0.3) is 10.8 Å². The number of amides is 2. The smallest absolute Gasteiger partial charge is 0.254 e. The van der Waals surface area contributed by atoms with Crippen molar-refractivity contribution >= 4 is 28.3 Å². The van der Waals surface area contributed by atoms with E-state index < -0.39 is 0 Å². The maximum Gasteiger partial charge on any atom is 0.254 e. The van der Waals surface area contributed by atoms with E-state index in [0.717, 1.165) is 40.4 Å². The van der Waals surface area contributed by atoms with Gasteiger partial charge in [-0.25, -0.2) is 0 Å².